The number of ether oxygens (including phenoxy) is 3. The molecule has 2 aromatic carbocycles. The first-order valence-corrected chi connectivity index (χ1v) is 10.1. The summed E-state index contributed by atoms with van der Waals surface area (Å²) in [7, 11) is 3.25. The molecule has 2 aromatic rings. The van der Waals surface area contributed by atoms with Crippen molar-refractivity contribution in [3.05, 3.63) is 53.6 Å². The van der Waals surface area contributed by atoms with E-state index in [4.69, 9.17) is 14.2 Å². The van der Waals surface area contributed by atoms with E-state index < -0.39 is 12.2 Å². The van der Waals surface area contributed by atoms with Crippen molar-refractivity contribution in [2.75, 3.05) is 33.9 Å². The summed E-state index contributed by atoms with van der Waals surface area (Å²) in [4.78, 5) is 2.26. The molecule has 2 aliphatic heterocycles. The average Bonchev–Trinajstić information content (AvgIpc) is 2.75. The molecule has 29 heavy (non-hydrogen) atoms. The highest BCUT2D eigenvalue weighted by Crippen LogP contribution is 2.45. The minimum absolute atomic E-state index is 0.349. The number of piperidine rings is 1. The number of β-amino-alcohol motifs (C(OH)–C–C–N with tert-alkyl or cyclic N) is 1. The molecule has 2 aliphatic rings. The number of aliphatic hydroxyl groups excluding tert-OH is 2. The number of fused-ring (bicyclic) bond motifs is 1. The Morgan fingerprint density at radius 3 is 2.55 bits per heavy atom. The van der Waals surface area contributed by atoms with Crippen molar-refractivity contribution >= 4 is 0 Å². The predicted octanol–water partition coefficient (Wildman–Crippen LogP) is 3.09. The SMILES string of the molecule is COc1cccc([C@H](O)CN2CCC3(CC2)C[C@@H](O)c2cc(OC)ccc2O3)c1. The van der Waals surface area contributed by atoms with Gasteiger partial charge in [0.2, 0.25) is 0 Å². The maximum Gasteiger partial charge on any atom is 0.126 e. The lowest BCUT2D eigenvalue weighted by Gasteiger charge is -2.46. The van der Waals surface area contributed by atoms with Crippen molar-refractivity contribution in [2.45, 2.75) is 37.1 Å². The third kappa shape index (κ3) is 4.20. The van der Waals surface area contributed by atoms with Gasteiger partial charge in [0, 0.05) is 31.6 Å². The van der Waals surface area contributed by atoms with Crippen LogP contribution in [0.4, 0.5) is 0 Å². The summed E-state index contributed by atoms with van der Waals surface area (Å²) in [6, 6.07) is 13.2. The Hall–Kier alpha value is -2.28. The molecule has 0 saturated carbocycles. The second-order valence-electron chi connectivity index (χ2n) is 8.00. The highest BCUT2D eigenvalue weighted by molar-refractivity contribution is 5.43. The maximum atomic E-state index is 10.7. The zero-order chi connectivity index (χ0) is 20.4. The van der Waals surface area contributed by atoms with Crippen LogP contribution in [0.3, 0.4) is 0 Å². The number of nitrogens with zero attached hydrogens (tertiary/aromatic N) is 1. The molecule has 0 bridgehead atoms. The van der Waals surface area contributed by atoms with Gasteiger partial charge in [0.15, 0.2) is 0 Å². The summed E-state index contributed by atoms with van der Waals surface area (Å²) in [5.41, 5.74) is 1.31. The quantitative estimate of drug-likeness (QED) is 0.805. The molecule has 2 atom stereocenters. The van der Waals surface area contributed by atoms with E-state index in [9.17, 15) is 10.2 Å². The summed E-state index contributed by atoms with van der Waals surface area (Å²) in [6.45, 7) is 2.21. The molecule has 6 nitrogen and oxygen atoms in total. The van der Waals surface area contributed by atoms with Crippen molar-refractivity contribution < 1.29 is 24.4 Å². The van der Waals surface area contributed by atoms with E-state index in [1.807, 2.05) is 42.5 Å². The maximum absolute atomic E-state index is 10.7. The van der Waals surface area contributed by atoms with E-state index in [0.29, 0.717) is 13.0 Å². The summed E-state index contributed by atoms with van der Waals surface area (Å²) in [6.07, 6.45) is 1.10. The molecule has 0 aliphatic carbocycles. The van der Waals surface area contributed by atoms with E-state index in [2.05, 4.69) is 4.90 Å². The lowest BCUT2D eigenvalue weighted by molar-refractivity contribution is -0.0588. The summed E-state index contributed by atoms with van der Waals surface area (Å²) in [5, 5.41) is 21.3. The van der Waals surface area contributed by atoms with E-state index >= 15 is 0 Å². The molecule has 1 saturated heterocycles. The van der Waals surface area contributed by atoms with Crippen LogP contribution in [0.15, 0.2) is 42.5 Å². The van der Waals surface area contributed by atoms with Crippen molar-refractivity contribution in [1.29, 1.82) is 0 Å². The number of methoxy groups -OCH3 is 2. The number of hydrogen-bond acceptors (Lipinski definition) is 6. The molecule has 0 amide bonds. The largest absolute Gasteiger partial charge is 0.497 e. The predicted molar refractivity (Wildman–Crippen MR) is 110 cm³/mol. The van der Waals surface area contributed by atoms with Gasteiger partial charge in [0.25, 0.3) is 0 Å². The van der Waals surface area contributed by atoms with Gasteiger partial charge < -0.3 is 29.3 Å². The monoisotopic (exact) mass is 399 g/mol. The van der Waals surface area contributed by atoms with Crippen LogP contribution in [0.1, 0.15) is 42.6 Å². The van der Waals surface area contributed by atoms with Crippen LogP contribution in [-0.4, -0.2) is 54.6 Å². The van der Waals surface area contributed by atoms with Crippen LogP contribution in [0, 0.1) is 0 Å². The van der Waals surface area contributed by atoms with Gasteiger partial charge in [-0.1, -0.05) is 12.1 Å². The van der Waals surface area contributed by atoms with Crippen molar-refractivity contribution in [3.63, 3.8) is 0 Å². The number of aliphatic hydroxyl groups is 2. The van der Waals surface area contributed by atoms with E-state index in [1.165, 1.54) is 0 Å². The molecule has 4 rings (SSSR count). The molecular formula is C23H29NO5. The standard InChI is InChI=1S/C23H29NO5/c1-27-17-5-3-4-16(12-17)21(26)15-24-10-8-23(9-11-24)14-20(25)19-13-18(28-2)6-7-22(19)29-23/h3-7,12-13,20-21,25-26H,8-11,14-15H2,1-2H3/t20-,21-/m1/s1. The Kier molecular flexibility index (Phi) is 5.67. The fourth-order valence-electron chi connectivity index (χ4n) is 4.39. The van der Waals surface area contributed by atoms with Crippen molar-refractivity contribution in [2.24, 2.45) is 0 Å². The van der Waals surface area contributed by atoms with Crippen LogP contribution >= 0.6 is 0 Å². The number of benzene rings is 2. The molecule has 2 N–H and O–H groups in total. The molecule has 2 heterocycles. The minimum Gasteiger partial charge on any atom is -0.497 e. The summed E-state index contributed by atoms with van der Waals surface area (Å²) in [5.74, 6) is 2.22. The van der Waals surface area contributed by atoms with Crippen LogP contribution < -0.4 is 14.2 Å². The Bertz CT molecular complexity index is 847. The Morgan fingerprint density at radius 1 is 1.10 bits per heavy atom. The van der Waals surface area contributed by atoms with Crippen LogP contribution in [0.5, 0.6) is 17.2 Å². The zero-order valence-electron chi connectivity index (χ0n) is 17.0. The number of likely N-dealkylation sites (tertiary alicyclic amines) is 1. The van der Waals surface area contributed by atoms with Crippen molar-refractivity contribution in [1.82, 2.24) is 4.90 Å². The average molecular weight is 399 g/mol. The first-order valence-electron chi connectivity index (χ1n) is 10.1. The molecular weight excluding hydrogens is 370 g/mol. The van der Waals surface area contributed by atoms with Crippen LogP contribution in [0.25, 0.3) is 0 Å². The second kappa shape index (κ2) is 8.22. The van der Waals surface area contributed by atoms with Gasteiger partial charge in [-0.25, -0.2) is 0 Å². The first-order chi connectivity index (χ1) is 14.0. The van der Waals surface area contributed by atoms with Gasteiger partial charge >= 0.3 is 0 Å². The number of hydrogen-bond donors (Lipinski definition) is 2. The first kappa shape index (κ1) is 20.0. The molecule has 156 valence electrons. The molecule has 0 aromatic heterocycles. The lowest BCUT2D eigenvalue weighted by atomic mass is 9.81. The second-order valence-corrected chi connectivity index (χ2v) is 8.00. The Morgan fingerprint density at radius 2 is 1.83 bits per heavy atom. The summed E-state index contributed by atoms with van der Waals surface area (Å²) >= 11 is 0. The van der Waals surface area contributed by atoms with E-state index in [0.717, 1.165) is 54.3 Å². The fourth-order valence-corrected chi connectivity index (χ4v) is 4.39. The smallest absolute Gasteiger partial charge is 0.126 e. The molecule has 1 spiro atoms. The normalized spacial score (nSPS) is 21.9. The summed E-state index contributed by atoms with van der Waals surface area (Å²) < 4.78 is 16.9. The van der Waals surface area contributed by atoms with Gasteiger partial charge in [-0.05, 0) is 48.7 Å². The third-order valence-electron chi connectivity index (χ3n) is 6.14. The highest BCUT2D eigenvalue weighted by Gasteiger charge is 2.43. The molecule has 1 fully saturated rings. The van der Waals surface area contributed by atoms with Gasteiger partial charge in [-0.3, -0.25) is 0 Å². The van der Waals surface area contributed by atoms with Crippen molar-refractivity contribution in [3.8, 4) is 17.2 Å². The Balaban J connectivity index is 1.38. The number of rotatable bonds is 5. The van der Waals surface area contributed by atoms with Gasteiger partial charge in [0.05, 0.1) is 26.4 Å². The molecule has 0 unspecified atom stereocenters. The van der Waals surface area contributed by atoms with Crippen LogP contribution in [-0.2, 0) is 0 Å². The van der Waals surface area contributed by atoms with Gasteiger partial charge in [-0.2, -0.15) is 0 Å². The Labute approximate surface area is 171 Å². The minimum atomic E-state index is -0.565. The van der Waals surface area contributed by atoms with E-state index in [1.54, 1.807) is 14.2 Å². The third-order valence-corrected chi connectivity index (χ3v) is 6.14. The van der Waals surface area contributed by atoms with E-state index in [-0.39, 0.29) is 5.60 Å². The molecule has 0 radical (unpaired) electrons. The lowest BCUT2D eigenvalue weighted by Crippen LogP contribution is -2.51. The highest BCUT2D eigenvalue weighted by atomic mass is 16.5. The van der Waals surface area contributed by atoms with Gasteiger partial charge in [0.1, 0.15) is 22.8 Å². The fraction of sp³-hybridized carbons (Fsp3) is 0.478. The zero-order valence-corrected chi connectivity index (χ0v) is 17.0. The molecule has 6 heteroatoms. The van der Waals surface area contributed by atoms with Crippen LogP contribution in [0.2, 0.25) is 0 Å². The van der Waals surface area contributed by atoms with Gasteiger partial charge in [-0.15, -0.1) is 0 Å². The topological polar surface area (TPSA) is 71.4 Å².